The first-order chi connectivity index (χ1) is 5.47. The van der Waals surface area contributed by atoms with E-state index in [0.717, 1.165) is 6.20 Å². The van der Waals surface area contributed by atoms with E-state index >= 15 is 0 Å². The zero-order valence-corrected chi connectivity index (χ0v) is 4.53. The first kappa shape index (κ1) is 3.00. The summed E-state index contributed by atoms with van der Waals surface area (Å²) in [5.74, 6) is 0.150. The van der Waals surface area contributed by atoms with Gasteiger partial charge >= 0.3 is 0 Å². The standard InChI is InChI=1S/C5H7N3O/c1-9-5-3-7-4(6)2-8-5/h2-3H,1H3,(H2,6,7)/i1D3. The van der Waals surface area contributed by atoms with Crippen molar-refractivity contribution in [3.8, 4) is 5.88 Å². The fourth-order valence-electron chi connectivity index (χ4n) is 0.379. The fraction of sp³-hybridized carbons (Fsp3) is 0.200. The van der Waals surface area contributed by atoms with Gasteiger partial charge in [0, 0.05) is 0 Å². The molecule has 0 saturated carbocycles. The molecule has 1 aromatic heterocycles. The molecule has 2 N–H and O–H groups in total. The molecule has 0 fully saturated rings. The quantitative estimate of drug-likeness (QED) is 0.581. The predicted octanol–water partition coefficient (Wildman–Crippen LogP) is 0.0674. The second-order valence-corrected chi connectivity index (χ2v) is 1.38. The minimum Gasteiger partial charge on any atom is -0.480 e. The zero-order valence-electron chi connectivity index (χ0n) is 7.53. The average Bonchev–Trinajstić information content (AvgIpc) is 1.91. The molecule has 0 spiro atoms. The molecule has 0 amide bonds. The van der Waals surface area contributed by atoms with Crippen LogP contribution in [-0.4, -0.2) is 17.0 Å². The lowest BCUT2D eigenvalue weighted by Crippen LogP contribution is -1.92. The van der Waals surface area contributed by atoms with Crippen LogP contribution in [0.3, 0.4) is 0 Å². The van der Waals surface area contributed by atoms with Crippen molar-refractivity contribution in [3.05, 3.63) is 12.4 Å². The third-order valence-electron chi connectivity index (χ3n) is 0.753. The Morgan fingerprint density at radius 1 is 1.67 bits per heavy atom. The smallest absolute Gasteiger partial charge is 0.232 e. The molecule has 48 valence electrons. The number of methoxy groups -OCH3 is 1. The highest BCUT2D eigenvalue weighted by Crippen LogP contribution is 2.01. The van der Waals surface area contributed by atoms with Crippen LogP contribution in [-0.2, 0) is 0 Å². The number of hydrogen-bond acceptors (Lipinski definition) is 4. The summed E-state index contributed by atoms with van der Waals surface area (Å²) in [6.07, 6.45) is 2.38. The van der Waals surface area contributed by atoms with Gasteiger partial charge in [-0.05, 0) is 0 Å². The second-order valence-electron chi connectivity index (χ2n) is 1.38. The highest BCUT2D eigenvalue weighted by molar-refractivity contribution is 5.24. The molecule has 1 heterocycles. The second kappa shape index (κ2) is 2.30. The maximum absolute atomic E-state index is 6.74. The van der Waals surface area contributed by atoms with Crippen molar-refractivity contribution in [2.24, 2.45) is 0 Å². The van der Waals surface area contributed by atoms with Gasteiger partial charge in [-0.25, -0.2) is 9.97 Å². The molecule has 9 heavy (non-hydrogen) atoms. The molecule has 1 rings (SSSR count). The van der Waals surface area contributed by atoms with Crippen molar-refractivity contribution in [1.82, 2.24) is 9.97 Å². The topological polar surface area (TPSA) is 61.0 Å². The number of aromatic nitrogens is 2. The largest absolute Gasteiger partial charge is 0.480 e. The summed E-state index contributed by atoms with van der Waals surface area (Å²) < 4.78 is 24.6. The van der Waals surface area contributed by atoms with Gasteiger partial charge in [0.1, 0.15) is 5.82 Å². The molecule has 1 aromatic rings. The molecule has 0 unspecified atom stereocenters. The summed E-state index contributed by atoms with van der Waals surface area (Å²) in [6, 6.07) is 0. The SMILES string of the molecule is [2H]C([2H])([2H])Oc1cnc(N)cn1. The Bertz CT molecular complexity index is 258. The Morgan fingerprint density at radius 3 is 3.11 bits per heavy atom. The number of ether oxygens (including phenoxy) is 1. The monoisotopic (exact) mass is 128 g/mol. The van der Waals surface area contributed by atoms with Crippen molar-refractivity contribution >= 4 is 5.82 Å². The van der Waals surface area contributed by atoms with E-state index in [1.807, 2.05) is 0 Å². The Hall–Kier alpha value is -1.32. The van der Waals surface area contributed by atoms with Gasteiger partial charge in [-0.2, -0.15) is 0 Å². The first-order valence-corrected chi connectivity index (χ1v) is 2.24. The van der Waals surface area contributed by atoms with Crippen LogP contribution >= 0.6 is 0 Å². The molecule has 0 bridgehead atoms. The molecule has 0 aliphatic carbocycles. The average molecular weight is 128 g/mol. The van der Waals surface area contributed by atoms with E-state index in [0.29, 0.717) is 0 Å². The number of nitrogens with two attached hydrogens (primary N) is 1. The maximum Gasteiger partial charge on any atom is 0.232 e. The molecular formula is C5H7N3O. The summed E-state index contributed by atoms with van der Waals surface area (Å²) in [5, 5.41) is 0. The van der Waals surface area contributed by atoms with Gasteiger partial charge in [-0.1, -0.05) is 0 Å². The number of nitrogen functional groups attached to an aromatic ring is 1. The zero-order chi connectivity index (χ0) is 9.19. The number of nitrogens with zero attached hydrogens (tertiary/aromatic N) is 2. The van der Waals surface area contributed by atoms with Crippen LogP contribution < -0.4 is 10.5 Å². The third-order valence-corrected chi connectivity index (χ3v) is 0.753. The summed E-state index contributed by atoms with van der Waals surface area (Å²) >= 11 is 0. The highest BCUT2D eigenvalue weighted by atomic mass is 16.5. The van der Waals surface area contributed by atoms with Crippen molar-refractivity contribution in [2.45, 2.75) is 0 Å². The Kier molecular flexibility index (Phi) is 0.768. The number of hydrogen-bond donors (Lipinski definition) is 1. The van der Waals surface area contributed by atoms with Crippen LogP contribution in [0.25, 0.3) is 0 Å². The van der Waals surface area contributed by atoms with Gasteiger partial charge in [-0.3, -0.25) is 0 Å². The molecule has 0 saturated heterocycles. The molecule has 0 radical (unpaired) electrons. The lowest BCUT2D eigenvalue weighted by atomic mass is 10.7. The summed E-state index contributed by atoms with van der Waals surface area (Å²) in [4.78, 5) is 7.20. The van der Waals surface area contributed by atoms with E-state index in [4.69, 9.17) is 9.85 Å². The molecular weight excluding hydrogens is 118 g/mol. The molecule has 4 heteroatoms. The van der Waals surface area contributed by atoms with Gasteiger partial charge in [-0.15, -0.1) is 0 Å². The lowest BCUT2D eigenvalue weighted by Gasteiger charge is -1.94. The van der Waals surface area contributed by atoms with Gasteiger partial charge < -0.3 is 10.5 Å². The fourth-order valence-corrected chi connectivity index (χ4v) is 0.379. The number of anilines is 1. The van der Waals surface area contributed by atoms with E-state index in [9.17, 15) is 0 Å². The molecule has 0 aromatic carbocycles. The predicted molar refractivity (Wildman–Crippen MR) is 33.0 cm³/mol. The van der Waals surface area contributed by atoms with Gasteiger partial charge in [0.15, 0.2) is 0 Å². The summed E-state index contributed by atoms with van der Waals surface area (Å²) in [5.41, 5.74) is 5.22. The molecule has 4 nitrogen and oxygen atoms in total. The van der Waals surface area contributed by atoms with Crippen LogP contribution in [0.2, 0.25) is 0 Å². The van der Waals surface area contributed by atoms with Crippen LogP contribution in [0.5, 0.6) is 5.88 Å². The van der Waals surface area contributed by atoms with Crippen LogP contribution in [0.4, 0.5) is 5.82 Å². The van der Waals surface area contributed by atoms with Crippen LogP contribution in [0, 0.1) is 0 Å². The van der Waals surface area contributed by atoms with Gasteiger partial charge in [0.2, 0.25) is 5.88 Å². The van der Waals surface area contributed by atoms with Crippen LogP contribution in [0.15, 0.2) is 12.4 Å². The Morgan fingerprint density at radius 2 is 2.56 bits per heavy atom. The Labute approximate surface area is 56.9 Å². The Balaban J connectivity index is 2.71. The molecule has 0 aliphatic heterocycles. The molecule has 0 atom stereocenters. The third kappa shape index (κ3) is 1.28. The van der Waals surface area contributed by atoms with E-state index < -0.39 is 7.04 Å². The van der Waals surface area contributed by atoms with Crippen molar-refractivity contribution in [2.75, 3.05) is 12.8 Å². The van der Waals surface area contributed by atoms with Crippen LogP contribution in [0.1, 0.15) is 4.11 Å². The summed E-state index contributed by atoms with van der Waals surface area (Å²) in [7, 11) is -2.50. The van der Waals surface area contributed by atoms with E-state index in [1.54, 1.807) is 0 Å². The normalized spacial score (nSPS) is 15.3. The van der Waals surface area contributed by atoms with Crippen molar-refractivity contribution < 1.29 is 8.85 Å². The summed E-state index contributed by atoms with van der Waals surface area (Å²) in [6.45, 7) is 0. The van der Waals surface area contributed by atoms with Gasteiger partial charge in [0.05, 0.1) is 23.5 Å². The maximum atomic E-state index is 6.74. The minimum atomic E-state index is -2.50. The minimum absolute atomic E-state index is 0.0656. The number of rotatable bonds is 1. The van der Waals surface area contributed by atoms with Crippen molar-refractivity contribution in [1.29, 1.82) is 0 Å². The highest BCUT2D eigenvalue weighted by Gasteiger charge is 1.89. The van der Waals surface area contributed by atoms with E-state index in [2.05, 4.69) is 14.7 Å². The first-order valence-electron chi connectivity index (χ1n) is 3.74. The van der Waals surface area contributed by atoms with Gasteiger partial charge in [0.25, 0.3) is 0 Å². The lowest BCUT2D eigenvalue weighted by molar-refractivity contribution is 0.396. The van der Waals surface area contributed by atoms with E-state index in [1.165, 1.54) is 6.20 Å². The van der Waals surface area contributed by atoms with Crippen molar-refractivity contribution in [3.63, 3.8) is 0 Å². The molecule has 0 aliphatic rings. The van der Waals surface area contributed by atoms with E-state index in [-0.39, 0.29) is 11.7 Å².